The Labute approximate surface area is 187 Å². The molecule has 32 heavy (non-hydrogen) atoms. The number of halogens is 2. The van der Waals surface area contributed by atoms with Gasteiger partial charge in [0.25, 0.3) is 5.91 Å². The van der Waals surface area contributed by atoms with Gasteiger partial charge < -0.3 is 19.7 Å². The number of fused-ring (bicyclic) bond motifs is 1. The van der Waals surface area contributed by atoms with Crippen molar-refractivity contribution in [2.24, 2.45) is 0 Å². The van der Waals surface area contributed by atoms with E-state index in [9.17, 15) is 13.6 Å². The quantitative estimate of drug-likeness (QED) is 0.701. The molecule has 0 saturated carbocycles. The van der Waals surface area contributed by atoms with Gasteiger partial charge in [-0.05, 0) is 81.6 Å². The topological polar surface area (TPSA) is 50.8 Å². The van der Waals surface area contributed by atoms with Gasteiger partial charge in [-0.25, -0.2) is 0 Å². The summed E-state index contributed by atoms with van der Waals surface area (Å²) >= 11 is 0. The molecule has 2 aliphatic heterocycles. The summed E-state index contributed by atoms with van der Waals surface area (Å²) in [7, 11) is 0. The van der Waals surface area contributed by atoms with E-state index in [1.807, 2.05) is 44.2 Å². The zero-order valence-corrected chi connectivity index (χ0v) is 18.6. The van der Waals surface area contributed by atoms with Crippen molar-refractivity contribution >= 4 is 11.5 Å². The first-order valence-electron chi connectivity index (χ1n) is 11.3. The summed E-state index contributed by atoms with van der Waals surface area (Å²) in [5, 5.41) is 3.36. The van der Waals surface area contributed by atoms with Crippen LogP contribution in [0.1, 0.15) is 49.0 Å². The Morgan fingerprint density at radius 2 is 1.91 bits per heavy atom. The minimum absolute atomic E-state index is 0.0169. The van der Waals surface area contributed by atoms with E-state index in [0.717, 1.165) is 37.1 Å². The molecule has 1 aliphatic carbocycles. The third-order valence-electron chi connectivity index (χ3n) is 6.44. The first-order valence-corrected chi connectivity index (χ1v) is 11.3. The summed E-state index contributed by atoms with van der Waals surface area (Å²) in [5.41, 5.74) is 2.54. The predicted molar refractivity (Wildman–Crippen MR) is 119 cm³/mol. The Balaban J connectivity index is 1.76. The van der Waals surface area contributed by atoms with Crippen LogP contribution in [0.25, 0.3) is 5.57 Å². The van der Waals surface area contributed by atoms with Gasteiger partial charge >= 0.3 is 6.61 Å². The number of nitrogens with one attached hydrogen (secondary N) is 1. The van der Waals surface area contributed by atoms with E-state index in [1.165, 1.54) is 0 Å². The Hall–Kier alpha value is -2.51. The zero-order valence-electron chi connectivity index (χ0n) is 18.6. The van der Waals surface area contributed by atoms with Crippen molar-refractivity contribution in [2.75, 3.05) is 26.2 Å². The smallest absolute Gasteiger partial charge is 0.387 e. The molecule has 5 nitrogen and oxygen atoms in total. The van der Waals surface area contributed by atoms with Crippen LogP contribution < -0.4 is 5.32 Å². The van der Waals surface area contributed by atoms with Crippen LogP contribution in [-0.2, 0) is 9.47 Å². The number of carbonyl (C=O) groups is 1. The summed E-state index contributed by atoms with van der Waals surface area (Å²) in [5.74, 6) is 0.131. The lowest BCUT2D eigenvalue weighted by Gasteiger charge is -2.44. The Kier molecular flexibility index (Phi) is 6.76. The van der Waals surface area contributed by atoms with Gasteiger partial charge in [0.2, 0.25) is 0 Å². The summed E-state index contributed by atoms with van der Waals surface area (Å²) < 4.78 is 37.6. The molecule has 0 radical (unpaired) electrons. The van der Waals surface area contributed by atoms with Crippen molar-refractivity contribution in [3.05, 3.63) is 65.0 Å². The molecule has 0 bridgehead atoms. The SMILES string of the molecule is CCN(CC)C(=O)c1ccc(C2=CC3(CCNCC3)OC3CC=CC(OC(F)F)=C23)cc1. The van der Waals surface area contributed by atoms with E-state index in [4.69, 9.17) is 9.47 Å². The lowest BCUT2D eigenvalue weighted by atomic mass is 9.79. The number of ether oxygens (including phenoxy) is 2. The van der Waals surface area contributed by atoms with Crippen LogP contribution in [-0.4, -0.2) is 55.3 Å². The number of amides is 1. The second-order valence-electron chi connectivity index (χ2n) is 8.33. The maximum atomic E-state index is 13.1. The molecule has 1 unspecified atom stereocenters. The molecule has 2 heterocycles. The highest BCUT2D eigenvalue weighted by Gasteiger charge is 2.42. The fourth-order valence-corrected chi connectivity index (χ4v) is 4.77. The largest absolute Gasteiger partial charge is 0.434 e. The van der Waals surface area contributed by atoms with Crippen LogP contribution in [0.15, 0.2) is 53.8 Å². The molecule has 1 saturated heterocycles. The first-order chi connectivity index (χ1) is 15.5. The van der Waals surface area contributed by atoms with Gasteiger partial charge in [-0.3, -0.25) is 4.79 Å². The summed E-state index contributed by atoms with van der Waals surface area (Å²) in [6.45, 7) is 3.96. The molecule has 7 heteroatoms. The molecule has 0 aromatic heterocycles. The molecule has 1 atom stereocenters. The second-order valence-corrected chi connectivity index (χ2v) is 8.33. The third kappa shape index (κ3) is 4.50. The monoisotopic (exact) mass is 444 g/mol. The first kappa shape index (κ1) is 22.7. The van der Waals surface area contributed by atoms with Crippen LogP contribution in [0.4, 0.5) is 8.78 Å². The molecular weight excluding hydrogens is 414 g/mol. The van der Waals surface area contributed by atoms with Crippen LogP contribution in [0, 0.1) is 0 Å². The zero-order chi connectivity index (χ0) is 22.7. The number of hydrogen-bond donors (Lipinski definition) is 1. The number of nitrogens with zero attached hydrogens (tertiary/aromatic N) is 1. The normalized spacial score (nSPS) is 22.0. The average molecular weight is 445 g/mol. The van der Waals surface area contributed by atoms with Gasteiger partial charge in [-0.2, -0.15) is 8.78 Å². The molecule has 4 rings (SSSR count). The van der Waals surface area contributed by atoms with Crippen LogP contribution in [0.3, 0.4) is 0 Å². The van der Waals surface area contributed by atoms with E-state index in [-0.39, 0.29) is 17.8 Å². The van der Waals surface area contributed by atoms with Crippen molar-refractivity contribution in [2.45, 2.75) is 51.4 Å². The third-order valence-corrected chi connectivity index (χ3v) is 6.44. The highest BCUT2D eigenvalue weighted by Crippen LogP contribution is 2.45. The van der Waals surface area contributed by atoms with E-state index in [2.05, 4.69) is 11.4 Å². The maximum absolute atomic E-state index is 13.1. The molecule has 1 spiro atoms. The van der Waals surface area contributed by atoms with E-state index >= 15 is 0 Å². The Morgan fingerprint density at radius 1 is 1.22 bits per heavy atom. The molecule has 1 aromatic rings. The number of rotatable bonds is 6. The standard InChI is InChI=1S/C25H30F2N2O3/c1-3-29(4-2)23(30)18-10-8-17(9-11-18)19-16-25(12-14-28-15-13-25)32-21-7-5-6-20(22(19)21)31-24(26)27/h5-6,8-11,16,21,24,28H,3-4,7,12-15H2,1-2H3. The highest BCUT2D eigenvalue weighted by molar-refractivity contribution is 5.95. The minimum atomic E-state index is -2.91. The van der Waals surface area contributed by atoms with Gasteiger partial charge in [0, 0.05) is 24.2 Å². The number of piperidine rings is 1. The van der Waals surface area contributed by atoms with Gasteiger partial charge in [0.05, 0.1) is 11.7 Å². The van der Waals surface area contributed by atoms with E-state index in [1.54, 1.807) is 11.0 Å². The molecular formula is C25H30F2N2O3. The van der Waals surface area contributed by atoms with Crippen molar-refractivity contribution in [3.63, 3.8) is 0 Å². The summed E-state index contributed by atoms with van der Waals surface area (Å²) in [6.07, 6.45) is 7.40. The van der Waals surface area contributed by atoms with Crippen LogP contribution in [0.5, 0.6) is 0 Å². The lowest BCUT2D eigenvalue weighted by Crippen LogP contribution is -2.47. The van der Waals surface area contributed by atoms with E-state index < -0.39 is 12.2 Å². The number of carbonyl (C=O) groups excluding carboxylic acids is 1. The van der Waals surface area contributed by atoms with Gasteiger partial charge in [-0.1, -0.05) is 18.2 Å². The van der Waals surface area contributed by atoms with Crippen molar-refractivity contribution < 1.29 is 23.0 Å². The molecule has 3 aliphatic rings. The fraction of sp³-hybridized carbons (Fsp3) is 0.480. The van der Waals surface area contributed by atoms with Crippen LogP contribution >= 0.6 is 0 Å². The minimum Gasteiger partial charge on any atom is -0.434 e. The lowest BCUT2D eigenvalue weighted by molar-refractivity contribution is -0.0997. The Bertz CT molecular complexity index is 927. The molecule has 1 amide bonds. The van der Waals surface area contributed by atoms with Gasteiger partial charge in [0.15, 0.2) is 0 Å². The number of alkyl halides is 2. The van der Waals surface area contributed by atoms with Crippen molar-refractivity contribution in [1.82, 2.24) is 10.2 Å². The van der Waals surface area contributed by atoms with E-state index in [0.29, 0.717) is 30.6 Å². The molecule has 1 aromatic carbocycles. The number of allylic oxidation sites excluding steroid dienone is 1. The van der Waals surface area contributed by atoms with Gasteiger partial charge in [0.1, 0.15) is 5.76 Å². The predicted octanol–water partition coefficient (Wildman–Crippen LogP) is 4.53. The van der Waals surface area contributed by atoms with Crippen molar-refractivity contribution in [3.8, 4) is 0 Å². The maximum Gasteiger partial charge on any atom is 0.387 e. The van der Waals surface area contributed by atoms with Gasteiger partial charge in [-0.15, -0.1) is 0 Å². The number of benzene rings is 1. The highest BCUT2D eigenvalue weighted by atomic mass is 19.3. The summed E-state index contributed by atoms with van der Waals surface area (Å²) in [4.78, 5) is 14.5. The molecule has 1 N–H and O–H groups in total. The van der Waals surface area contributed by atoms with Crippen molar-refractivity contribution in [1.29, 1.82) is 0 Å². The molecule has 1 fully saturated rings. The summed E-state index contributed by atoms with van der Waals surface area (Å²) in [6, 6.07) is 7.41. The number of hydrogen-bond acceptors (Lipinski definition) is 4. The molecule has 172 valence electrons. The fourth-order valence-electron chi connectivity index (χ4n) is 4.77. The van der Waals surface area contributed by atoms with Crippen LogP contribution in [0.2, 0.25) is 0 Å². The second kappa shape index (κ2) is 9.55. The average Bonchev–Trinajstić information content (AvgIpc) is 2.79. The Morgan fingerprint density at radius 3 is 2.53 bits per heavy atom.